The van der Waals surface area contributed by atoms with Crippen molar-refractivity contribution in [1.29, 1.82) is 0 Å². The summed E-state index contributed by atoms with van der Waals surface area (Å²) >= 11 is 0. The number of ether oxygens (including phenoxy) is 3. The number of rotatable bonds is 4. The number of para-hydroxylation sites is 1. The lowest BCUT2D eigenvalue weighted by Crippen LogP contribution is -2.37. The Kier molecular flexibility index (Phi) is 5.00. The summed E-state index contributed by atoms with van der Waals surface area (Å²) in [6.07, 6.45) is 6.46. The average molecular weight is 445 g/mol. The molecular weight excluding hydrogens is 416 g/mol. The van der Waals surface area contributed by atoms with E-state index in [1.54, 1.807) is 0 Å². The lowest BCUT2D eigenvalue weighted by atomic mass is 10.00. The van der Waals surface area contributed by atoms with Gasteiger partial charge in [0.05, 0.1) is 11.7 Å². The number of aromatic nitrogens is 1. The number of hydrogen-bond donors (Lipinski definition) is 0. The van der Waals surface area contributed by atoms with Gasteiger partial charge < -0.3 is 18.8 Å². The van der Waals surface area contributed by atoms with Crippen LogP contribution >= 0.6 is 0 Å². The number of hydrogen-bond acceptors (Lipinski definition) is 5. The average Bonchev–Trinajstić information content (AvgIpc) is 3.54. The number of allylic oxidation sites excluding steroid dienone is 1. The largest absolute Gasteiger partial charge is 0.477 e. The molecule has 1 fully saturated rings. The maximum Gasteiger partial charge on any atom is 0.231 e. The first-order valence-electron chi connectivity index (χ1n) is 11.8. The number of nitrogens with zero attached hydrogens (tertiary/aromatic N) is 2. The van der Waals surface area contributed by atoms with Crippen molar-refractivity contribution in [2.24, 2.45) is 0 Å². The van der Waals surface area contributed by atoms with Gasteiger partial charge in [0, 0.05) is 60.0 Å². The third-order valence-electron chi connectivity index (χ3n) is 6.93. The minimum Gasteiger partial charge on any atom is -0.477 e. The van der Waals surface area contributed by atoms with Crippen LogP contribution in [-0.4, -0.2) is 41.2 Å². The van der Waals surface area contributed by atoms with E-state index in [-0.39, 0.29) is 11.9 Å². The fourth-order valence-corrected chi connectivity index (χ4v) is 5.28. The van der Waals surface area contributed by atoms with Gasteiger partial charge in [-0.1, -0.05) is 18.2 Å². The summed E-state index contributed by atoms with van der Waals surface area (Å²) in [4.78, 5) is 15.6. The Morgan fingerprint density at radius 3 is 2.91 bits per heavy atom. The van der Waals surface area contributed by atoms with Crippen LogP contribution in [0.25, 0.3) is 17.0 Å². The second-order valence-corrected chi connectivity index (χ2v) is 9.11. The summed E-state index contributed by atoms with van der Waals surface area (Å²) in [7, 11) is 0. The van der Waals surface area contributed by atoms with E-state index in [0.29, 0.717) is 23.8 Å². The number of benzene rings is 2. The number of aryl methyl sites for hydroxylation is 1. The van der Waals surface area contributed by atoms with E-state index in [4.69, 9.17) is 14.2 Å². The van der Waals surface area contributed by atoms with Crippen molar-refractivity contribution in [3.05, 3.63) is 64.5 Å². The quantitative estimate of drug-likeness (QED) is 0.535. The van der Waals surface area contributed by atoms with Crippen LogP contribution in [0.5, 0.6) is 11.5 Å². The van der Waals surface area contributed by atoms with Gasteiger partial charge in [-0.05, 0) is 44.9 Å². The molecular formula is C27H28N2O4. The summed E-state index contributed by atoms with van der Waals surface area (Å²) in [6, 6.07) is 10.2. The van der Waals surface area contributed by atoms with Crippen LogP contribution in [0, 0.1) is 6.92 Å². The molecule has 0 amide bonds. The summed E-state index contributed by atoms with van der Waals surface area (Å²) in [5.41, 5.74) is 4.70. The van der Waals surface area contributed by atoms with Crippen LogP contribution in [0.4, 0.5) is 0 Å². The van der Waals surface area contributed by atoms with Crippen molar-refractivity contribution in [1.82, 2.24) is 9.47 Å². The van der Waals surface area contributed by atoms with Crippen LogP contribution in [0.1, 0.15) is 46.8 Å². The summed E-state index contributed by atoms with van der Waals surface area (Å²) in [5, 5.41) is 1.11. The first-order valence-corrected chi connectivity index (χ1v) is 11.8. The normalized spacial score (nSPS) is 21.3. The minimum absolute atomic E-state index is 0.0690. The third kappa shape index (κ3) is 3.45. The molecule has 33 heavy (non-hydrogen) atoms. The second-order valence-electron chi connectivity index (χ2n) is 9.11. The highest BCUT2D eigenvalue weighted by atomic mass is 16.5. The molecule has 1 unspecified atom stereocenters. The number of carbonyl (C=O) groups is 1. The predicted octanol–water partition coefficient (Wildman–Crippen LogP) is 4.92. The summed E-state index contributed by atoms with van der Waals surface area (Å²) < 4.78 is 20.2. The van der Waals surface area contributed by atoms with E-state index in [2.05, 4.69) is 34.7 Å². The maximum absolute atomic E-state index is 13.3. The number of carbonyl (C=O) groups excluding carboxylic acids is 1. The van der Waals surface area contributed by atoms with Gasteiger partial charge in [-0.2, -0.15) is 0 Å². The van der Waals surface area contributed by atoms with Crippen molar-refractivity contribution in [2.45, 2.75) is 45.9 Å². The van der Waals surface area contributed by atoms with Crippen LogP contribution in [0.2, 0.25) is 0 Å². The first kappa shape index (κ1) is 20.5. The Balaban J connectivity index is 1.32. The zero-order valence-electron chi connectivity index (χ0n) is 19.1. The van der Waals surface area contributed by atoms with Gasteiger partial charge in [0.2, 0.25) is 5.78 Å². The zero-order chi connectivity index (χ0) is 22.5. The molecule has 6 nitrogen and oxygen atoms in total. The number of fused-ring (bicyclic) bond motifs is 3. The van der Waals surface area contributed by atoms with Gasteiger partial charge in [0.15, 0.2) is 5.76 Å². The molecule has 2 aromatic carbocycles. The van der Waals surface area contributed by atoms with Crippen LogP contribution in [0.3, 0.4) is 0 Å². The van der Waals surface area contributed by atoms with Gasteiger partial charge in [-0.25, -0.2) is 0 Å². The monoisotopic (exact) mass is 444 g/mol. The van der Waals surface area contributed by atoms with E-state index in [9.17, 15) is 4.79 Å². The second kappa shape index (κ2) is 8.04. The Morgan fingerprint density at radius 2 is 2.09 bits per heavy atom. The Hall–Kier alpha value is -3.09. The van der Waals surface area contributed by atoms with Crippen LogP contribution in [0.15, 0.2) is 42.3 Å². The van der Waals surface area contributed by atoms with Gasteiger partial charge in [-0.15, -0.1) is 0 Å². The van der Waals surface area contributed by atoms with Gasteiger partial charge in [0.25, 0.3) is 0 Å². The molecule has 1 saturated heterocycles. The standard InChI is InChI=1S/C27H28N2O4/c1-3-29-14-18(21-8-4-5-9-23(21)29)12-24-25(30)22-11-19-13-28(15-20-7-6-10-31-20)16-32-26(19)17(2)27(22)33-24/h4-5,8-9,11-12,14,20H,3,6-7,10,13,15-16H2,1-2H3/b24-12-. The molecule has 0 spiro atoms. The molecule has 3 aliphatic rings. The molecule has 0 radical (unpaired) electrons. The smallest absolute Gasteiger partial charge is 0.231 e. The molecule has 0 N–H and O–H groups in total. The Labute approximate surface area is 193 Å². The fourth-order valence-electron chi connectivity index (χ4n) is 5.28. The lowest BCUT2D eigenvalue weighted by Gasteiger charge is -2.31. The van der Waals surface area contributed by atoms with Gasteiger partial charge >= 0.3 is 0 Å². The van der Waals surface area contributed by atoms with Crippen molar-refractivity contribution >= 4 is 22.8 Å². The Bertz CT molecular complexity index is 1280. The third-order valence-corrected chi connectivity index (χ3v) is 6.93. The summed E-state index contributed by atoms with van der Waals surface area (Å²) in [6.45, 7) is 7.94. The van der Waals surface area contributed by atoms with Crippen molar-refractivity contribution in [3.8, 4) is 11.5 Å². The molecule has 6 rings (SSSR count). The number of Topliss-reactive ketones (excluding diaryl/α,β-unsaturated/α-hetero) is 1. The van der Waals surface area contributed by atoms with E-state index >= 15 is 0 Å². The first-order chi connectivity index (χ1) is 16.1. The fraction of sp³-hybridized carbons (Fsp3) is 0.370. The topological polar surface area (TPSA) is 52.9 Å². The maximum atomic E-state index is 13.3. The van der Waals surface area contributed by atoms with Gasteiger partial charge in [-0.3, -0.25) is 9.69 Å². The number of ketones is 1. The highest BCUT2D eigenvalue weighted by molar-refractivity contribution is 6.15. The molecule has 170 valence electrons. The molecule has 0 aliphatic carbocycles. The van der Waals surface area contributed by atoms with E-state index in [1.165, 1.54) is 0 Å². The van der Waals surface area contributed by atoms with E-state index in [1.807, 2.05) is 31.2 Å². The molecule has 6 heteroatoms. The molecule has 1 aromatic heterocycles. The highest BCUT2D eigenvalue weighted by Gasteiger charge is 2.34. The molecule has 1 atom stereocenters. The molecule has 3 aliphatic heterocycles. The van der Waals surface area contributed by atoms with Crippen molar-refractivity contribution < 1.29 is 19.0 Å². The van der Waals surface area contributed by atoms with Crippen LogP contribution in [-0.2, 0) is 17.8 Å². The highest BCUT2D eigenvalue weighted by Crippen LogP contribution is 2.43. The SMILES string of the molecule is CCn1cc(/C=C2\Oc3c(cc4c(c3C)OCN(CC3CCCO3)C4)C2=O)c2ccccc21. The van der Waals surface area contributed by atoms with Gasteiger partial charge in [0.1, 0.15) is 18.2 Å². The molecule has 4 heterocycles. The predicted molar refractivity (Wildman–Crippen MR) is 127 cm³/mol. The van der Waals surface area contributed by atoms with Crippen molar-refractivity contribution in [2.75, 3.05) is 19.9 Å². The zero-order valence-corrected chi connectivity index (χ0v) is 19.1. The van der Waals surface area contributed by atoms with Crippen LogP contribution < -0.4 is 9.47 Å². The lowest BCUT2D eigenvalue weighted by molar-refractivity contribution is 0.0276. The minimum atomic E-state index is -0.0690. The molecule has 0 saturated carbocycles. The van der Waals surface area contributed by atoms with Crippen molar-refractivity contribution in [3.63, 3.8) is 0 Å². The Morgan fingerprint density at radius 1 is 1.21 bits per heavy atom. The molecule has 3 aromatic rings. The van der Waals surface area contributed by atoms with E-state index in [0.717, 1.165) is 72.4 Å². The summed E-state index contributed by atoms with van der Waals surface area (Å²) in [5.74, 6) is 1.76. The molecule has 0 bridgehead atoms. The van der Waals surface area contributed by atoms with E-state index < -0.39 is 0 Å².